The topological polar surface area (TPSA) is 61.8 Å². The molecular weight excluding hydrogens is 296 g/mol. The number of benzene rings is 1. The van der Waals surface area contributed by atoms with Gasteiger partial charge in [-0.1, -0.05) is 11.6 Å². The fraction of sp³-hybridized carbons (Fsp3) is 0.467. The summed E-state index contributed by atoms with van der Waals surface area (Å²) in [5, 5.41) is 0.443. The second-order valence-corrected chi connectivity index (χ2v) is 5.06. The summed E-state index contributed by atoms with van der Waals surface area (Å²) >= 11 is 6.20. The Morgan fingerprint density at radius 2 is 2.10 bits per heavy atom. The van der Waals surface area contributed by atoms with Crippen LogP contribution >= 0.6 is 11.6 Å². The zero-order chi connectivity index (χ0) is 15.6. The van der Waals surface area contributed by atoms with Crippen LogP contribution in [0.5, 0.6) is 11.5 Å². The minimum Gasteiger partial charge on any atom is -0.493 e. The van der Waals surface area contributed by atoms with Gasteiger partial charge in [-0.05, 0) is 25.3 Å². The maximum Gasteiger partial charge on any atom is 0.316 e. The fourth-order valence-electron chi connectivity index (χ4n) is 2.57. The van der Waals surface area contributed by atoms with Crippen LogP contribution in [0.3, 0.4) is 0 Å². The molecule has 0 N–H and O–H groups in total. The standard InChI is InChI=1S/C15H17ClO5/c1-4-21-15(18)9-6-5-8-10(16)7-11(19-2)14(20-3)12(8)13(9)17/h7,9H,4-6H2,1-3H3. The van der Waals surface area contributed by atoms with Gasteiger partial charge >= 0.3 is 5.97 Å². The van der Waals surface area contributed by atoms with E-state index >= 15 is 0 Å². The lowest BCUT2D eigenvalue weighted by atomic mass is 9.82. The summed E-state index contributed by atoms with van der Waals surface area (Å²) in [6, 6.07) is 1.62. The van der Waals surface area contributed by atoms with Gasteiger partial charge < -0.3 is 14.2 Å². The van der Waals surface area contributed by atoms with Crippen molar-refractivity contribution in [3.05, 3.63) is 22.2 Å². The van der Waals surface area contributed by atoms with Gasteiger partial charge in [-0.15, -0.1) is 0 Å². The Morgan fingerprint density at radius 3 is 2.67 bits per heavy atom. The molecule has 1 aromatic carbocycles. The average Bonchev–Trinajstić information content (AvgIpc) is 2.47. The van der Waals surface area contributed by atoms with E-state index in [4.69, 9.17) is 25.8 Å². The van der Waals surface area contributed by atoms with E-state index in [-0.39, 0.29) is 12.4 Å². The third-order valence-corrected chi connectivity index (χ3v) is 3.88. The Morgan fingerprint density at radius 1 is 1.38 bits per heavy atom. The van der Waals surface area contributed by atoms with Crippen molar-refractivity contribution in [1.82, 2.24) is 0 Å². The molecule has 0 heterocycles. The van der Waals surface area contributed by atoms with E-state index in [1.165, 1.54) is 14.2 Å². The summed E-state index contributed by atoms with van der Waals surface area (Å²) in [5.41, 5.74) is 1.02. The number of Topliss-reactive ketones (excluding diaryl/α,β-unsaturated/α-hetero) is 1. The van der Waals surface area contributed by atoms with Gasteiger partial charge in [-0.3, -0.25) is 9.59 Å². The van der Waals surface area contributed by atoms with E-state index in [1.807, 2.05) is 0 Å². The number of hydrogen-bond donors (Lipinski definition) is 0. The van der Waals surface area contributed by atoms with E-state index < -0.39 is 11.9 Å². The number of carbonyl (C=O) groups excluding carboxylic acids is 2. The van der Waals surface area contributed by atoms with Gasteiger partial charge in [-0.2, -0.15) is 0 Å². The quantitative estimate of drug-likeness (QED) is 0.632. The van der Waals surface area contributed by atoms with Gasteiger partial charge in [0, 0.05) is 11.1 Å². The zero-order valence-electron chi connectivity index (χ0n) is 12.2. The molecule has 1 aliphatic carbocycles. The molecule has 0 radical (unpaired) electrons. The van der Waals surface area contributed by atoms with Crippen molar-refractivity contribution in [2.24, 2.45) is 5.92 Å². The molecule has 5 nitrogen and oxygen atoms in total. The van der Waals surface area contributed by atoms with Crippen LogP contribution in [-0.4, -0.2) is 32.6 Å². The normalized spacial score (nSPS) is 17.1. The third kappa shape index (κ3) is 2.70. The third-order valence-electron chi connectivity index (χ3n) is 3.54. The Hall–Kier alpha value is -1.75. The lowest BCUT2D eigenvalue weighted by molar-refractivity contribution is -0.146. The Labute approximate surface area is 128 Å². The highest BCUT2D eigenvalue weighted by atomic mass is 35.5. The van der Waals surface area contributed by atoms with Crippen molar-refractivity contribution in [1.29, 1.82) is 0 Å². The first-order valence-electron chi connectivity index (χ1n) is 6.69. The van der Waals surface area contributed by atoms with Crippen molar-refractivity contribution in [2.45, 2.75) is 19.8 Å². The molecule has 0 fully saturated rings. The first-order chi connectivity index (χ1) is 10.0. The van der Waals surface area contributed by atoms with Gasteiger partial charge in [0.2, 0.25) is 0 Å². The summed E-state index contributed by atoms with van der Waals surface area (Å²) in [4.78, 5) is 24.5. The highest BCUT2D eigenvalue weighted by Crippen LogP contribution is 2.42. The van der Waals surface area contributed by atoms with Crippen molar-refractivity contribution in [3.63, 3.8) is 0 Å². The molecule has 0 aromatic heterocycles. The molecule has 0 spiro atoms. The van der Waals surface area contributed by atoms with Crippen molar-refractivity contribution >= 4 is 23.4 Å². The predicted octanol–water partition coefficient (Wildman–Crippen LogP) is 2.67. The molecule has 1 atom stereocenters. The summed E-state index contributed by atoms with van der Waals surface area (Å²) in [6.45, 7) is 1.95. The molecule has 1 aromatic rings. The Kier molecular flexibility index (Phi) is 4.73. The second-order valence-electron chi connectivity index (χ2n) is 4.66. The predicted molar refractivity (Wildman–Crippen MR) is 77.3 cm³/mol. The lowest BCUT2D eigenvalue weighted by Crippen LogP contribution is -2.31. The number of ketones is 1. The van der Waals surface area contributed by atoms with Gasteiger partial charge in [0.25, 0.3) is 0 Å². The van der Waals surface area contributed by atoms with Crippen LogP contribution in [0.25, 0.3) is 0 Å². The van der Waals surface area contributed by atoms with E-state index in [9.17, 15) is 9.59 Å². The van der Waals surface area contributed by atoms with Crippen LogP contribution in [0.15, 0.2) is 6.07 Å². The first kappa shape index (κ1) is 15.6. The summed E-state index contributed by atoms with van der Waals surface area (Å²) in [7, 11) is 2.92. The molecular formula is C15H17ClO5. The number of carbonyl (C=O) groups is 2. The Balaban J connectivity index is 2.52. The van der Waals surface area contributed by atoms with Crippen molar-refractivity contribution in [3.8, 4) is 11.5 Å². The molecule has 0 saturated heterocycles. The number of halogens is 1. The van der Waals surface area contributed by atoms with E-state index in [2.05, 4.69) is 0 Å². The number of rotatable bonds is 4. The van der Waals surface area contributed by atoms with E-state index in [1.54, 1.807) is 13.0 Å². The van der Waals surface area contributed by atoms with Gasteiger partial charge in [-0.25, -0.2) is 0 Å². The largest absolute Gasteiger partial charge is 0.493 e. The molecule has 6 heteroatoms. The molecule has 0 saturated carbocycles. The number of esters is 1. The number of ether oxygens (including phenoxy) is 3. The van der Waals surface area contributed by atoms with Crippen LogP contribution in [0.4, 0.5) is 0 Å². The molecule has 0 aliphatic heterocycles. The maximum atomic E-state index is 12.6. The first-order valence-corrected chi connectivity index (χ1v) is 7.07. The van der Waals surface area contributed by atoms with Crippen molar-refractivity contribution in [2.75, 3.05) is 20.8 Å². The minimum absolute atomic E-state index is 0.242. The smallest absolute Gasteiger partial charge is 0.316 e. The van der Waals surface area contributed by atoms with Crippen molar-refractivity contribution < 1.29 is 23.8 Å². The maximum absolute atomic E-state index is 12.6. The molecule has 114 valence electrons. The van der Waals surface area contributed by atoms with Crippen LogP contribution in [0, 0.1) is 5.92 Å². The Bertz CT molecular complexity index is 582. The molecule has 0 amide bonds. The lowest BCUT2D eigenvalue weighted by Gasteiger charge is -2.25. The zero-order valence-corrected chi connectivity index (χ0v) is 13.0. The molecule has 1 unspecified atom stereocenters. The highest BCUT2D eigenvalue weighted by Gasteiger charge is 2.38. The summed E-state index contributed by atoms with van der Waals surface area (Å²) in [5.74, 6) is -0.953. The van der Waals surface area contributed by atoms with E-state index in [0.717, 1.165) is 0 Å². The van der Waals surface area contributed by atoms with Crippen LogP contribution in [0.1, 0.15) is 29.3 Å². The molecule has 1 aliphatic rings. The van der Waals surface area contributed by atoms with Crippen LogP contribution in [0.2, 0.25) is 5.02 Å². The van der Waals surface area contributed by atoms with E-state index in [0.29, 0.717) is 40.5 Å². The van der Waals surface area contributed by atoms with Gasteiger partial charge in [0.1, 0.15) is 5.92 Å². The second kappa shape index (κ2) is 6.35. The van der Waals surface area contributed by atoms with Gasteiger partial charge in [0.15, 0.2) is 17.3 Å². The summed E-state index contributed by atoms with van der Waals surface area (Å²) < 4.78 is 15.5. The van der Waals surface area contributed by atoms with Gasteiger partial charge in [0.05, 0.1) is 26.4 Å². The van der Waals surface area contributed by atoms with Crippen LogP contribution < -0.4 is 9.47 Å². The monoisotopic (exact) mass is 312 g/mol. The fourth-order valence-corrected chi connectivity index (χ4v) is 2.86. The number of hydrogen-bond acceptors (Lipinski definition) is 5. The SMILES string of the molecule is CCOC(=O)C1CCc2c(Cl)cc(OC)c(OC)c2C1=O. The average molecular weight is 313 g/mol. The van der Waals surface area contributed by atoms with Crippen LogP contribution in [-0.2, 0) is 16.0 Å². The minimum atomic E-state index is -0.811. The molecule has 2 rings (SSSR count). The number of fused-ring (bicyclic) bond motifs is 1. The summed E-state index contributed by atoms with van der Waals surface area (Å²) in [6.07, 6.45) is 0.906. The highest BCUT2D eigenvalue weighted by molar-refractivity contribution is 6.32. The molecule has 0 bridgehead atoms. The number of methoxy groups -OCH3 is 2. The molecule has 21 heavy (non-hydrogen) atoms.